The van der Waals surface area contributed by atoms with Crippen molar-refractivity contribution in [2.75, 3.05) is 17.7 Å². The second-order valence-electron chi connectivity index (χ2n) is 7.78. The topological polar surface area (TPSA) is 119 Å². The van der Waals surface area contributed by atoms with Crippen LogP contribution in [0, 0.1) is 6.92 Å². The van der Waals surface area contributed by atoms with Crippen molar-refractivity contribution in [3.8, 4) is 22.4 Å². The van der Waals surface area contributed by atoms with E-state index < -0.39 is 23.9 Å². The summed E-state index contributed by atoms with van der Waals surface area (Å²) >= 11 is 0. The van der Waals surface area contributed by atoms with E-state index in [1.165, 1.54) is 13.4 Å². The number of methoxy groups -OCH3 is 1. The fraction of sp³-hybridized carbons (Fsp3) is 0.120. The number of carbonyl (C=O) groups is 2. The molecule has 2 N–H and O–H groups in total. The van der Waals surface area contributed by atoms with Crippen LogP contribution >= 0.6 is 0 Å². The van der Waals surface area contributed by atoms with Crippen LogP contribution in [0.15, 0.2) is 67.4 Å². The number of pyridine rings is 2. The Kier molecular flexibility index (Phi) is 7.09. The standard InChI is InChI=1S/C25H19F3N6O3/c1-14-3-5-18(33-23(35)15-4-6-21(30-12-15)25(26,27)28)8-19(14)16-7-17(11-29-10-16)20-9-22(32-13-31-20)34-24(36)37-2/h3-13H,1-2H3,(H,33,35)(H,31,32,34,36). The van der Waals surface area contributed by atoms with Gasteiger partial charge in [-0.3, -0.25) is 20.1 Å². The van der Waals surface area contributed by atoms with Gasteiger partial charge in [0.1, 0.15) is 17.8 Å². The summed E-state index contributed by atoms with van der Waals surface area (Å²) in [6, 6.07) is 10.4. The van der Waals surface area contributed by atoms with Crippen LogP contribution in [0.5, 0.6) is 0 Å². The zero-order valence-corrected chi connectivity index (χ0v) is 19.5. The highest BCUT2D eigenvalue weighted by molar-refractivity contribution is 6.04. The molecule has 0 atom stereocenters. The molecule has 0 aliphatic carbocycles. The highest BCUT2D eigenvalue weighted by Crippen LogP contribution is 2.30. The van der Waals surface area contributed by atoms with E-state index in [1.54, 1.807) is 36.7 Å². The Bertz CT molecular complexity index is 1460. The molecule has 0 saturated carbocycles. The van der Waals surface area contributed by atoms with Gasteiger partial charge in [0.15, 0.2) is 0 Å². The molecule has 4 rings (SSSR count). The van der Waals surface area contributed by atoms with Gasteiger partial charge in [0.2, 0.25) is 0 Å². The molecule has 37 heavy (non-hydrogen) atoms. The molecule has 2 amide bonds. The molecule has 3 aromatic heterocycles. The number of hydrogen-bond acceptors (Lipinski definition) is 7. The van der Waals surface area contributed by atoms with Gasteiger partial charge in [-0.15, -0.1) is 0 Å². The molecule has 1 aromatic carbocycles. The van der Waals surface area contributed by atoms with E-state index in [-0.39, 0.29) is 11.4 Å². The highest BCUT2D eigenvalue weighted by Gasteiger charge is 2.32. The summed E-state index contributed by atoms with van der Waals surface area (Å²) < 4.78 is 42.8. The van der Waals surface area contributed by atoms with Crippen LogP contribution in [-0.4, -0.2) is 39.0 Å². The first-order valence-corrected chi connectivity index (χ1v) is 10.7. The van der Waals surface area contributed by atoms with Gasteiger partial charge in [0, 0.05) is 41.5 Å². The van der Waals surface area contributed by atoms with E-state index in [1.807, 2.05) is 13.0 Å². The minimum absolute atomic E-state index is 0.0149. The van der Waals surface area contributed by atoms with Crippen LogP contribution < -0.4 is 10.6 Å². The van der Waals surface area contributed by atoms with Crippen molar-refractivity contribution in [1.82, 2.24) is 19.9 Å². The average Bonchev–Trinajstić information content (AvgIpc) is 2.89. The number of nitrogens with zero attached hydrogens (tertiary/aromatic N) is 4. The number of carbonyl (C=O) groups excluding carboxylic acids is 2. The number of hydrogen-bond donors (Lipinski definition) is 2. The Balaban J connectivity index is 1.58. The maximum atomic E-state index is 12.7. The second-order valence-corrected chi connectivity index (χ2v) is 7.78. The molecule has 188 valence electrons. The van der Waals surface area contributed by atoms with Crippen molar-refractivity contribution in [3.63, 3.8) is 0 Å². The molecular weight excluding hydrogens is 489 g/mol. The summed E-state index contributed by atoms with van der Waals surface area (Å²) in [7, 11) is 1.24. The molecule has 0 spiro atoms. The van der Waals surface area contributed by atoms with E-state index in [0.29, 0.717) is 16.9 Å². The Morgan fingerprint density at radius 1 is 0.892 bits per heavy atom. The Labute approximate surface area is 208 Å². The van der Waals surface area contributed by atoms with E-state index in [4.69, 9.17) is 0 Å². The van der Waals surface area contributed by atoms with E-state index in [2.05, 4.69) is 35.3 Å². The molecule has 0 saturated heterocycles. The van der Waals surface area contributed by atoms with Crippen LogP contribution in [0.25, 0.3) is 22.4 Å². The molecule has 0 aliphatic heterocycles. The molecular formula is C25H19F3N6O3. The number of rotatable bonds is 5. The first-order chi connectivity index (χ1) is 17.6. The zero-order valence-electron chi connectivity index (χ0n) is 19.5. The van der Waals surface area contributed by atoms with Crippen LogP contribution in [0.4, 0.5) is 29.5 Å². The van der Waals surface area contributed by atoms with Crippen LogP contribution in [0.1, 0.15) is 21.6 Å². The van der Waals surface area contributed by atoms with Gasteiger partial charge in [-0.2, -0.15) is 13.2 Å². The van der Waals surface area contributed by atoms with E-state index >= 15 is 0 Å². The zero-order chi connectivity index (χ0) is 26.6. The largest absolute Gasteiger partial charge is 0.453 e. The number of nitrogens with one attached hydrogen (secondary N) is 2. The molecule has 0 aliphatic rings. The lowest BCUT2D eigenvalue weighted by Gasteiger charge is -2.12. The van der Waals surface area contributed by atoms with Gasteiger partial charge in [0.25, 0.3) is 5.91 Å². The number of alkyl halides is 3. The summed E-state index contributed by atoms with van der Waals surface area (Å²) in [6.07, 6.45) is 0.168. The summed E-state index contributed by atoms with van der Waals surface area (Å²) in [5.41, 5.74) is 2.88. The molecule has 0 bridgehead atoms. The molecule has 3 heterocycles. The molecule has 0 fully saturated rings. The predicted molar refractivity (Wildman–Crippen MR) is 129 cm³/mol. The van der Waals surface area contributed by atoms with Crippen molar-refractivity contribution in [1.29, 1.82) is 0 Å². The molecule has 12 heteroatoms. The lowest BCUT2D eigenvalue weighted by molar-refractivity contribution is -0.141. The molecule has 0 unspecified atom stereocenters. The summed E-state index contributed by atoms with van der Waals surface area (Å²) in [5, 5.41) is 5.15. The summed E-state index contributed by atoms with van der Waals surface area (Å²) in [5.74, 6) is -0.351. The first-order valence-electron chi connectivity index (χ1n) is 10.7. The van der Waals surface area contributed by atoms with E-state index in [9.17, 15) is 22.8 Å². The number of ether oxygens (including phenoxy) is 1. The van der Waals surface area contributed by atoms with Crippen LogP contribution in [-0.2, 0) is 10.9 Å². The van der Waals surface area contributed by atoms with Crippen molar-refractivity contribution in [3.05, 3.63) is 84.2 Å². The first kappa shape index (κ1) is 25.2. The van der Waals surface area contributed by atoms with Gasteiger partial charge in [-0.1, -0.05) is 6.07 Å². The predicted octanol–water partition coefficient (Wildman–Crippen LogP) is 5.36. The second kappa shape index (κ2) is 10.4. The highest BCUT2D eigenvalue weighted by atomic mass is 19.4. The molecule has 0 radical (unpaired) electrons. The third-order valence-corrected chi connectivity index (χ3v) is 5.24. The number of aryl methyl sites for hydroxylation is 1. The molecule has 9 nitrogen and oxygen atoms in total. The molecule has 4 aromatic rings. The Hall–Kier alpha value is -4.87. The quantitative estimate of drug-likeness (QED) is 0.373. The Morgan fingerprint density at radius 3 is 2.38 bits per heavy atom. The normalized spacial score (nSPS) is 11.1. The third kappa shape index (κ3) is 6.04. The fourth-order valence-corrected chi connectivity index (χ4v) is 3.38. The van der Waals surface area contributed by atoms with Gasteiger partial charge < -0.3 is 10.1 Å². The Morgan fingerprint density at radius 2 is 1.68 bits per heavy atom. The van der Waals surface area contributed by atoms with Crippen molar-refractivity contribution >= 4 is 23.5 Å². The van der Waals surface area contributed by atoms with Crippen LogP contribution in [0.2, 0.25) is 0 Å². The lowest BCUT2D eigenvalue weighted by Crippen LogP contribution is -2.14. The summed E-state index contributed by atoms with van der Waals surface area (Å²) in [6.45, 7) is 1.89. The van der Waals surface area contributed by atoms with Gasteiger partial charge in [-0.05, 0) is 48.4 Å². The minimum atomic E-state index is -4.59. The lowest BCUT2D eigenvalue weighted by atomic mass is 9.99. The van der Waals surface area contributed by atoms with Gasteiger partial charge in [0.05, 0.1) is 18.4 Å². The number of aromatic nitrogens is 4. The van der Waals surface area contributed by atoms with E-state index in [0.717, 1.165) is 35.0 Å². The van der Waals surface area contributed by atoms with Crippen molar-refractivity contribution < 1.29 is 27.5 Å². The monoisotopic (exact) mass is 508 g/mol. The maximum absolute atomic E-state index is 12.7. The average molecular weight is 508 g/mol. The number of benzene rings is 1. The van der Waals surface area contributed by atoms with Crippen molar-refractivity contribution in [2.45, 2.75) is 13.1 Å². The SMILES string of the molecule is COC(=O)Nc1cc(-c2cncc(-c3cc(NC(=O)c4ccc(C(F)(F)F)nc4)ccc3C)c2)ncn1. The summed E-state index contributed by atoms with van der Waals surface area (Å²) in [4.78, 5) is 39.9. The fourth-order valence-electron chi connectivity index (χ4n) is 3.38. The number of amides is 2. The van der Waals surface area contributed by atoms with Gasteiger partial charge >= 0.3 is 12.3 Å². The minimum Gasteiger partial charge on any atom is -0.453 e. The maximum Gasteiger partial charge on any atom is 0.433 e. The third-order valence-electron chi connectivity index (χ3n) is 5.24. The van der Waals surface area contributed by atoms with Gasteiger partial charge in [-0.25, -0.2) is 14.8 Å². The number of halogens is 3. The van der Waals surface area contributed by atoms with Crippen LogP contribution in [0.3, 0.4) is 0 Å². The number of anilines is 2. The van der Waals surface area contributed by atoms with Crippen molar-refractivity contribution in [2.24, 2.45) is 0 Å². The smallest absolute Gasteiger partial charge is 0.433 e.